The second-order valence-electron chi connectivity index (χ2n) is 3.01. The summed E-state index contributed by atoms with van der Waals surface area (Å²) in [7, 11) is 0. The lowest BCUT2D eigenvalue weighted by Gasteiger charge is -2.19. The summed E-state index contributed by atoms with van der Waals surface area (Å²) in [6, 6.07) is 0. The first-order valence-electron chi connectivity index (χ1n) is 3.15. The number of rotatable bonds is 2. The lowest BCUT2D eigenvalue weighted by Crippen LogP contribution is -2.33. The van der Waals surface area contributed by atoms with Crippen molar-refractivity contribution in [2.45, 2.75) is 39.7 Å². The monoisotopic (exact) mass is 114 g/mol. The topological polar surface area (TPSA) is 12.0 Å². The minimum absolute atomic E-state index is 0.246. The molecule has 0 fully saturated rings. The predicted octanol–water partition coefficient (Wildman–Crippen LogP) is 1.95. The quantitative estimate of drug-likeness (QED) is 0.578. The molecule has 0 aromatic carbocycles. The van der Waals surface area contributed by atoms with Crippen LogP contribution in [0.25, 0.3) is 0 Å². The first-order valence-corrected chi connectivity index (χ1v) is 3.15. The summed E-state index contributed by atoms with van der Waals surface area (Å²) < 4.78 is 0. The van der Waals surface area contributed by atoms with Gasteiger partial charge in [-0.1, -0.05) is 6.92 Å². The molecule has 0 saturated carbocycles. The molecule has 1 nitrogen and oxygen atoms in total. The minimum Gasteiger partial charge on any atom is -0.308 e. The van der Waals surface area contributed by atoms with Crippen LogP contribution in [0.15, 0.2) is 0 Å². The van der Waals surface area contributed by atoms with Gasteiger partial charge in [-0.05, 0) is 27.2 Å². The summed E-state index contributed by atoms with van der Waals surface area (Å²) in [5.74, 6) is 0. The molecule has 0 atom stereocenters. The number of hydrogen-bond donors (Lipinski definition) is 1. The van der Waals surface area contributed by atoms with E-state index in [-0.39, 0.29) is 5.54 Å². The Labute approximate surface area is 52.5 Å². The summed E-state index contributed by atoms with van der Waals surface area (Å²) in [4.78, 5) is 0. The Morgan fingerprint density at radius 2 is 1.88 bits per heavy atom. The highest BCUT2D eigenvalue weighted by atomic mass is 14.9. The van der Waals surface area contributed by atoms with Gasteiger partial charge in [0.2, 0.25) is 0 Å². The molecule has 0 aliphatic heterocycles. The normalized spacial score (nSPS) is 12.0. The van der Waals surface area contributed by atoms with Crippen LogP contribution in [-0.2, 0) is 0 Å². The van der Waals surface area contributed by atoms with E-state index in [1.165, 1.54) is 0 Å². The molecule has 0 amide bonds. The molecule has 0 unspecified atom stereocenters. The zero-order chi connectivity index (χ0) is 6.62. The Morgan fingerprint density at radius 1 is 1.38 bits per heavy atom. The van der Waals surface area contributed by atoms with Crippen LogP contribution >= 0.6 is 0 Å². The van der Waals surface area contributed by atoms with E-state index in [2.05, 4.69) is 39.6 Å². The van der Waals surface area contributed by atoms with Crippen LogP contribution in [0.2, 0.25) is 0 Å². The molecule has 0 aromatic rings. The Bertz CT molecular complexity index is 51.9. The number of nitrogens with one attached hydrogen (secondary N) is 1. The van der Waals surface area contributed by atoms with Gasteiger partial charge in [0.25, 0.3) is 0 Å². The Hall–Kier alpha value is -0.0400. The average molecular weight is 114 g/mol. The molecular weight excluding hydrogens is 98.1 g/mol. The summed E-state index contributed by atoms with van der Waals surface area (Å²) in [6.45, 7) is 10.7. The van der Waals surface area contributed by atoms with E-state index >= 15 is 0 Å². The fourth-order valence-electron chi connectivity index (χ4n) is 0.408. The summed E-state index contributed by atoms with van der Waals surface area (Å²) in [5, 5.41) is 3.25. The summed E-state index contributed by atoms with van der Waals surface area (Å²) in [5.41, 5.74) is 0.246. The lowest BCUT2D eigenvalue weighted by molar-refractivity contribution is 0.461. The van der Waals surface area contributed by atoms with Gasteiger partial charge in [-0.3, -0.25) is 0 Å². The molecule has 1 heteroatoms. The Kier molecular flexibility index (Phi) is 3.06. The van der Waals surface area contributed by atoms with Gasteiger partial charge in [-0.15, -0.1) is 0 Å². The van der Waals surface area contributed by atoms with Crippen molar-refractivity contribution < 1.29 is 0 Å². The van der Waals surface area contributed by atoms with Crippen LogP contribution in [0.3, 0.4) is 0 Å². The number of hydrogen-bond acceptors (Lipinski definition) is 1. The molecule has 49 valence electrons. The molecule has 0 bridgehead atoms. The summed E-state index contributed by atoms with van der Waals surface area (Å²) in [6.07, 6.45) is 1.09. The Morgan fingerprint density at radius 3 is 2.00 bits per heavy atom. The largest absolute Gasteiger partial charge is 0.308 e. The molecule has 0 aliphatic carbocycles. The van der Waals surface area contributed by atoms with Gasteiger partial charge in [0.15, 0.2) is 0 Å². The van der Waals surface area contributed by atoms with E-state index in [1.807, 2.05) is 0 Å². The predicted molar refractivity (Wildman–Crippen MR) is 37.5 cm³/mol. The maximum atomic E-state index is 3.25. The van der Waals surface area contributed by atoms with Crippen molar-refractivity contribution in [3.63, 3.8) is 0 Å². The molecule has 0 aliphatic rings. The van der Waals surface area contributed by atoms with Crippen molar-refractivity contribution in [3.05, 3.63) is 6.54 Å². The molecule has 0 saturated heterocycles. The second kappa shape index (κ2) is 3.08. The van der Waals surface area contributed by atoms with Crippen molar-refractivity contribution in [1.29, 1.82) is 0 Å². The van der Waals surface area contributed by atoms with Crippen LogP contribution in [0, 0.1) is 6.54 Å². The van der Waals surface area contributed by atoms with Crippen LogP contribution in [0.4, 0.5) is 0 Å². The van der Waals surface area contributed by atoms with Gasteiger partial charge < -0.3 is 5.32 Å². The van der Waals surface area contributed by atoms with Crippen molar-refractivity contribution >= 4 is 0 Å². The molecule has 0 spiro atoms. The highest BCUT2D eigenvalue weighted by Gasteiger charge is 2.05. The fraction of sp³-hybridized carbons (Fsp3) is 0.857. The van der Waals surface area contributed by atoms with Crippen LogP contribution in [0.5, 0.6) is 0 Å². The summed E-state index contributed by atoms with van der Waals surface area (Å²) >= 11 is 0. The minimum atomic E-state index is 0.246. The first kappa shape index (κ1) is 7.96. The molecule has 8 heavy (non-hydrogen) atoms. The smallest absolute Gasteiger partial charge is 0.0223 e. The van der Waals surface area contributed by atoms with Gasteiger partial charge in [0.1, 0.15) is 0 Å². The molecule has 0 aromatic heterocycles. The molecule has 0 heterocycles. The van der Waals surface area contributed by atoms with E-state index < -0.39 is 0 Å². The standard InChI is InChI=1S/C7H16N/c1-5-6-8-7(2,3)4/h6,8H,5H2,1-4H3. The van der Waals surface area contributed by atoms with E-state index in [1.54, 1.807) is 0 Å². The zero-order valence-electron chi connectivity index (χ0n) is 6.28. The molecular formula is C7H16N. The van der Waals surface area contributed by atoms with Crippen molar-refractivity contribution in [1.82, 2.24) is 5.32 Å². The maximum Gasteiger partial charge on any atom is 0.0223 e. The molecule has 0 rings (SSSR count). The van der Waals surface area contributed by atoms with Crippen LogP contribution in [-0.4, -0.2) is 5.54 Å². The third-order valence-corrected chi connectivity index (χ3v) is 0.739. The van der Waals surface area contributed by atoms with Crippen molar-refractivity contribution in [2.75, 3.05) is 0 Å². The van der Waals surface area contributed by atoms with E-state index in [4.69, 9.17) is 0 Å². The van der Waals surface area contributed by atoms with Crippen LogP contribution in [0.1, 0.15) is 34.1 Å². The van der Waals surface area contributed by atoms with Gasteiger partial charge in [0.05, 0.1) is 0 Å². The highest BCUT2D eigenvalue weighted by Crippen LogP contribution is 1.99. The third-order valence-electron chi connectivity index (χ3n) is 0.739. The average Bonchev–Trinajstić information content (AvgIpc) is 1.59. The SMILES string of the molecule is CC[CH]NC(C)(C)C. The lowest BCUT2D eigenvalue weighted by atomic mass is 10.1. The third kappa shape index (κ3) is 5.96. The van der Waals surface area contributed by atoms with E-state index in [9.17, 15) is 0 Å². The Balaban J connectivity index is 3.11. The molecule has 1 N–H and O–H groups in total. The van der Waals surface area contributed by atoms with E-state index in [0.717, 1.165) is 6.42 Å². The van der Waals surface area contributed by atoms with Gasteiger partial charge >= 0.3 is 0 Å². The van der Waals surface area contributed by atoms with Crippen LogP contribution < -0.4 is 5.32 Å². The maximum absolute atomic E-state index is 3.25. The second-order valence-corrected chi connectivity index (χ2v) is 3.01. The van der Waals surface area contributed by atoms with Crippen molar-refractivity contribution in [2.24, 2.45) is 0 Å². The first-order chi connectivity index (χ1) is 3.56. The van der Waals surface area contributed by atoms with Gasteiger partial charge in [-0.2, -0.15) is 0 Å². The fourth-order valence-corrected chi connectivity index (χ4v) is 0.408. The van der Waals surface area contributed by atoms with Gasteiger partial charge in [-0.25, -0.2) is 0 Å². The molecule has 1 radical (unpaired) electrons. The zero-order valence-corrected chi connectivity index (χ0v) is 6.28. The van der Waals surface area contributed by atoms with Gasteiger partial charge in [0, 0.05) is 12.1 Å². The highest BCUT2D eigenvalue weighted by molar-refractivity contribution is 4.74. The van der Waals surface area contributed by atoms with E-state index in [0.29, 0.717) is 0 Å². The van der Waals surface area contributed by atoms with Crippen molar-refractivity contribution in [3.8, 4) is 0 Å².